The summed E-state index contributed by atoms with van der Waals surface area (Å²) < 4.78 is 37.3. The highest BCUT2D eigenvalue weighted by Crippen LogP contribution is 2.27. The Morgan fingerprint density at radius 3 is 2.35 bits per heavy atom. The van der Waals surface area contributed by atoms with Crippen molar-refractivity contribution in [1.29, 1.82) is 0 Å². The monoisotopic (exact) mass is 379 g/mol. The number of hydrogen-bond donors (Lipinski definition) is 1. The molecule has 1 N–H and O–H groups in total. The molecule has 2 amide bonds. The molecular formula is C18H32F3N3O2. The van der Waals surface area contributed by atoms with E-state index in [1.54, 1.807) is 11.8 Å². The highest BCUT2D eigenvalue weighted by molar-refractivity contribution is 5.81. The summed E-state index contributed by atoms with van der Waals surface area (Å²) in [6.07, 6.45) is -4.98. The van der Waals surface area contributed by atoms with Gasteiger partial charge in [-0.3, -0.25) is 14.5 Å². The van der Waals surface area contributed by atoms with Gasteiger partial charge < -0.3 is 10.2 Å². The maximum atomic E-state index is 12.5. The number of halogens is 3. The van der Waals surface area contributed by atoms with Crippen LogP contribution in [0.3, 0.4) is 0 Å². The van der Waals surface area contributed by atoms with Gasteiger partial charge in [-0.15, -0.1) is 0 Å². The fraction of sp³-hybridized carbons (Fsp3) is 0.889. The van der Waals surface area contributed by atoms with E-state index in [9.17, 15) is 22.8 Å². The van der Waals surface area contributed by atoms with E-state index in [1.165, 1.54) is 6.92 Å². The quantitative estimate of drug-likeness (QED) is 0.772. The lowest BCUT2D eigenvalue weighted by Crippen LogP contribution is -2.51. The summed E-state index contributed by atoms with van der Waals surface area (Å²) in [6, 6.07) is 0. The van der Waals surface area contributed by atoms with Gasteiger partial charge in [0, 0.05) is 25.6 Å². The van der Waals surface area contributed by atoms with Crippen molar-refractivity contribution in [2.45, 2.75) is 59.2 Å². The Hall–Kier alpha value is -1.31. The third-order valence-electron chi connectivity index (χ3n) is 4.39. The lowest BCUT2D eigenvalue weighted by molar-refractivity contribution is -0.153. The van der Waals surface area contributed by atoms with Crippen molar-refractivity contribution < 1.29 is 22.8 Å². The zero-order chi connectivity index (χ0) is 20.3. The summed E-state index contributed by atoms with van der Waals surface area (Å²) in [4.78, 5) is 28.2. The number of nitrogens with zero attached hydrogens (tertiary/aromatic N) is 2. The van der Waals surface area contributed by atoms with E-state index in [4.69, 9.17) is 0 Å². The van der Waals surface area contributed by atoms with E-state index in [-0.39, 0.29) is 17.9 Å². The van der Waals surface area contributed by atoms with Crippen molar-refractivity contribution in [3.63, 3.8) is 0 Å². The molecule has 0 radical (unpaired) electrons. The first-order valence-corrected chi connectivity index (χ1v) is 8.95. The average molecular weight is 379 g/mol. The summed E-state index contributed by atoms with van der Waals surface area (Å²) in [5, 5.41) is 2.71. The first-order chi connectivity index (χ1) is 11.6. The second kappa shape index (κ2) is 8.15. The molecule has 26 heavy (non-hydrogen) atoms. The summed E-state index contributed by atoms with van der Waals surface area (Å²) in [6.45, 7) is 11.2. The van der Waals surface area contributed by atoms with Crippen LogP contribution < -0.4 is 5.32 Å². The third-order valence-corrected chi connectivity index (χ3v) is 4.39. The van der Waals surface area contributed by atoms with Crippen LogP contribution in [0.2, 0.25) is 0 Å². The van der Waals surface area contributed by atoms with E-state index >= 15 is 0 Å². The Labute approximate surface area is 154 Å². The molecule has 1 rings (SSSR count). The molecule has 1 unspecified atom stereocenters. The Morgan fingerprint density at radius 2 is 1.85 bits per heavy atom. The minimum atomic E-state index is -4.37. The number of amides is 2. The van der Waals surface area contributed by atoms with Crippen molar-refractivity contribution in [2.75, 3.05) is 33.2 Å². The van der Waals surface area contributed by atoms with Crippen LogP contribution in [0.4, 0.5) is 13.2 Å². The van der Waals surface area contributed by atoms with E-state index in [1.807, 2.05) is 11.9 Å². The molecule has 1 saturated heterocycles. The van der Waals surface area contributed by atoms with Gasteiger partial charge in [0.25, 0.3) is 0 Å². The van der Waals surface area contributed by atoms with E-state index in [0.29, 0.717) is 19.5 Å². The molecule has 1 heterocycles. The number of rotatable bonds is 6. The number of alkyl halides is 3. The number of nitrogens with one attached hydrogen (secondary N) is 1. The molecule has 0 aromatic rings. The molecule has 1 aliphatic rings. The third kappa shape index (κ3) is 7.93. The molecule has 0 aromatic heterocycles. The van der Waals surface area contributed by atoms with Crippen molar-refractivity contribution in [1.82, 2.24) is 15.1 Å². The fourth-order valence-corrected chi connectivity index (χ4v) is 3.33. The van der Waals surface area contributed by atoms with Gasteiger partial charge in [-0.2, -0.15) is 13.2 Å². The highest BCUT2D eigenvalue weighted by Gasteiger charge is 2.40. The molecule has 5 nitrogen and oxygen atoms in total. The van der Waals surface area contributed by atoms with Crippen molar-refractivity contribution in [3.8, 4) is 0 Å². The predicted molar refractivity (Wildman–Crippen MR) is 94.5 cm³/mol. The largest absolute Gasteiger partial charge is 0.389 e. The molecule has 1 aliphatic heterocycles. The summed E-state index contributed by atoms with van der Waals surface area (Å²) in [5.74, 6) is -1.79. The summed E-state index contributed by atoms with van der Waals surface area (Å²) >= 11 is 0. The Morgan fingerprint density at radius 1 is 1.27 bits per heavy atom. The van der Waals surface area contributed by atoms with Gasteiger partial charge in [0.2, 0.25) is 11.8 Å². The van der Waals surface area contributed by atoms with Crippen LogP contribution in [0, 0.1) is 11.3 Å². The zero-order valence-corrected chi connectivity index (χ0v) is 16.7. The second-order valence-corrected chi connectivity index (χ2v) is 9.07. The Kier molecular flexibility index (Phi) is 7.12. The smallest absolute Gasteiger partial charge is 0.349 e. The lowest BCUT2D eigenvalue weighted by atomic mass is 9.96. The standard InChI is InChI=1S/C18H32F3N3O2/c1-13(9-18(19,20)21)15(26)22-17(5)7-8-24(12-17)14(25)10-23(6)11-16(2,3)4/h13H,7-12H2,1-6H3,(H,22,26)/t13-,17?/m1/s1. The van der Waals surface area contributed by atoms with E-state index in [2.05, 4.69) is 26.1 Å². The number of carbonyl (C=O) groups excluding carboxylic acids is 2. The molecule has 0 spiro atoms. The number of likely N-dealkylation sites (N-methyl/N-ethyl adjacent to an activating group) is 1. The molecular weight excluding hydrogens is 347 g/mol. The molecule has 152 valence electrons. The first kappa shape index (κ1) is 22.7. The van der Waals surface area contributed by atoms with Gasteiger partial charge in [-0.1, -0.05) is 27.7 Å². The van der Waals surface area contributed by atoms with Crippen LogP contribution in [0.25, 0.3) is 0 Å². The second-order valence-electron chi connectivity index (χ2n) is 9.07. The number of hydrogen-bond acceptors (Lipinski definition) is 3. The van der Waals surface area contributed by atoms with Gasteiger partial charge >= 0.3 is 6.18 Å². The molecule has 0 aliphatic carbocycles. The van der Waals surface area contributed by atoms with Crippen molar-refractivity contribution >= 4 is 11.8 Å². The van der Waals surface area contributed by atoms with Gasteiger partial charge in [-0.25, -0.2) is 0 Å². The van der Waals surface area contributed by atoms with Gasteiger partial charge in [0.1, 0.15) is 0 Å². The van der Waals surface area contributed by atoms with E-state index < -0.39 is 30.0 Å². The summed E-state index contributed by atoms with van der Waals surface area (Å²) in [5.41, 5.74) is -0.605. The highest BCUT2D eigenvalue weighted by atomic mass is 19.4. The molecule has 0 saturated carbocycles. The van der Waals surface area contributed by atoms with Gasteiger partial charge in [0.05, 0.1) is 18.5 Å². The van der Waals surface area contributed by atoms with Gasteiger partial charge in [0.15, 0.2) is 0 Å². The SMILES string of the molecule is C[C@H](CC(F)(F)F)C(=O)NC1(C)CCN(C(=O)CN(C)CC(C)(C)C)C1. The topological polar surface area (TPSA) is 52.7 Å². The molecule has 1 fully saturated rings. The fourth-order valence-electron chi connectivity index (χ4n) is 3.33. The van der Waals surface area contributed by atoms with Crippen molar-refractivity contribution in [2.24, 2.45) is 11.3 Å². The lowest BCUT2D eigenvalue weighted by Gasteiger charge is -2.30. The molecule has 0 bridgehead atoms. The van der Waals surface area contributed by atoms with Crippen LogP contribution in [-0.2, 0) is 9.59 Å². The van der Waals surface area contributed by atoms with Crippen LogP contribution in [0.15, 0.2) is 0 Å². The molecule has 0 aromatic carbocycles. The maximum absolute atomic E-state index is 12.5. The minimum absolute atomic E-state index is 0.0296. The van der Waals surface area contributed by atoms with Crippen LogP contribution >= 0.6 is 0 Å². The molecule has 8 heteroatoms. The van der Waals surface area contributed by atoms with Crippen LogP contribution in [0.1, 0.15) is 47.5 Å². The molecule has 2 atom stereocenters. The van der Waals surface area contributed by atoms with E-state index in [0.717, 1.165) is 6.54 Å². The Bertz CT molecular complexity index is 517. The van der Waals surface area contributed by atoms with Gasteiger partial charge in [-0.05, 0) is 25.8 Å². The zero-order valence-electron chi connectivity index (χ0n) is 16.7. The Balaban J connectivity index is 2.55. The average Bonchev–Trinajstić information content (AvgIpc) is 2.76. The first-order valence-electron chi connectivity index (χ1n) is 8.95. The maximum Gasteiger partial charge on any atom is 0.389 e. The minimum Gasteiger partial charge on any atom is -0.349 e. The van der Waals surface area contributed by atoms with Crippen LogP contribution in [-0.4, -0.2) is 66.6 Å². The van der Waals surface area contributed by atoms with Crippen LogP contribution in [0.5, 0.6) is 0 Å². The summed E-state index contributed by atoms with van der Waals surface area (Å²) in [7, 11) is 1.89. The predicted octanol–water partition coefficient (Wildman–Crippen LogP) is 2.66. The number of carbonyl (C=O) groups is 2. The number of likely N-dealkylation sites (tertiary alicyclic amines) is 1. The van der Waals surface area contributed by atoms with Crippen molar-refractivity contribution in [3.05, 3.63) is 0 Å². The normalized spacial score (nSPS) is 22.6.